The lowest BCUT2D eigenvalue weighted by Crippen LogP contribution is -2.13. The number of benzene rings is 2. The van der Waals surface area contributed by atoms with Gasteiger partial charge in [-0.2, -0.15) is 4.31 Å². The zero-order valence-electron chi connectivity index (χ0n) is 10.9. The number of halogens is 1. The lowest BCUT2D eigenvalue weighted by molar-refractivity contribution is 0.553. The van der Waals surface area contributed by atoms with Gasteiger partial charge in [-0.3, -0.25) is 0 Å². The second kappa shape index (κ2) is 5.13. The van der Waals surface area contributed by atoms with E-state index in [0.717, 1.165) is 11.1 Å². The quantitative estimate of drug-likeness (QED) is 0.343. The molecule has 1 aliphatic rings. The van der Waals surface area contributed by atoms with Crippen molar-refractivity contribution in [2.75, 3.05) is 0 Å². The zero-order chi connectivity index (χ0) is 14.3. The smallest absolute Gasteiger partial charge is 0.207 e. The summed E-state index contributed by atoms with van der Waals surface area (Å²) >= 11 is 2.19. The molecule has 20 heavy (non-hydrogen) atoms. The number of aryl methyl sites for hydroxylation is 1. The maximum Gasteiger partial charge on any atom is 0.244 e. The van der Waals surface area contributed by atoms with Crippen molar-refractivity contribution in [3.63, 3.8) is 0 Å². The molecule has 1 aliphatic heterocycles. The highest BCUT2D eigenvalue weighted by atomic mass is 127. The Hall–Kier alpha value is -0.920. The van der Waals surface area contributed by atoms with Gasteiger partial charge in [0.25, 0.3) is 0 Å². The Kier molecular flexibility index (Phi) is 3.60. The van der Waals surface area contributed by atoms with Crippen molar-refractivity contribution < 1.29 is 8.42 Å². The molecule has 3 atom stereocenters. The van der Waals surface area contributed by atoms with Crippen LogP contribution in [0.25, 0.3) is 0 Å². The highest BCUT2D eigenvalue weighted by Crippen LogP contribution is 2.50. The summed E-state index contributed by atoms with van der Waals surface area (Å²) in [4.78, 5) is 0.364. The molecule has 3 nitrogen and oxygen atoms in total. The minimum absolute atomic E-state index is 0.0127. The van der Waals surface area contributed by atoms with Gasteiger partial charge in [0, 0.05) is 0 Å². The van der Waals surface area contributed by atoms with Crippen molar-refractivity contribution in [3.05, 3.63) is 65.7 Å². The van der Waals surface area contributed by atoms with Crippen molar-refractivity contribution >= 4 is 32.6 Å². The van der Waals surface area contributed by atoms with Crippen LogP contribution >= 0.6 is 22.6 Å². The van der Waals surface area contributed by atoms with Crippen LogP contribution in [0, 0.1) is 6.92 Å². The van der Waals surface area contributed by atoms with Crippen LogP contribution in [-0.2, 0) is 10.0 Å². The predicted molar refractivity (Wildman–Crippen MR) is 87.2 cm³/mol. The van der Waals surface area contributed by atoms with E-state index in [2.05, 4.69) is 22.6 Å². The van der Waals surface area contributed by atoms with E-state index in [1.54, 1.807) is 16.4 Å². The molecule has 2 aromatic carbocycles. The summed E-state index contributed by atoms with van der Waals surface area (Å²) < 4.78 is 26.8. The summed E-state index contributed by atoms with van der Waals surface area (Å²) in [6.45, 7) is 1.95. The molecule has 104 valence electrons. The lowest BCUT2D eigenvalue weighted by atomic mass is 10.2. The number of sulfonamides is 1. The third kappa shape index (κ3) is 2.38. The molecule has 0 N–H and O–H groups in total. The number of hydrogen-bond donors (Lipinski definition) is 0. The van der Waals surface area contributed by atoms with E-state index in [9.17, 15) is 8.42 Å². The standard InChI is InChI=1S/C15H14INO2S/c1-11-7-9-13(10-8-11)20(18,19)17-14(15(17)16)12-5-3-2-4-6-12/h2-10,14-15H,1H3. The molecule has 1 fully saturated rings. The molecular weight excluding hydrogens is 385 g/mol. The van der Waals surface area contributed by atoms with Crippen LogP contribution in [0.1, 0.15) is 17.2 Å². The van der Waals surface area contributed by atoms with Crippen molar-refractivity contribution in [1.29, 1.82) is 0 Å². The molecule has 0 amide bonds. The first-order chi connectivity index (χ1) is 9.51. The van der Waals surface area contributed by atoms with Gasteiger partial charge in [0.1, 0.15) is 0 Å². The van der Waals surface area contributed by atoms with Gasteiger partial charge in [-0.05, 0) is 24.6 Å². The van der Waals surface area contributed by atoms with Crippen LogP contribution in [-0.4, -0.2) is 16.8 Å². The van der Waals surface area contributed by atoms with E-state index in [1.807, 2.05) is 49.4 Å². The lowest BCUT2D eigenvalue weighted by Gasteiger charge is -2.06. The SMILES string of the molecule is Cc1ccc(S(=O)(=O)N2C(I)C2c2ccccc2)cc1. The molecule has 0 saturated carbocycles. The van der Waals surface area contributed by atoms with Crippen LogP contribution < -0.4 is 0 Å². The van der Waals surface area contributed by atoms with Crippen LogP contribution in [0.3, 0.4) is 0 Å². The highest BCUT2D eigenvalue weighted by Gasteiger charge is 2.54. The van der Waals surface area contributed by atoms with Crippen LogP contribution in [0.4, 0.5) is 0 Å². The van der Waals surface area contributed by atoms with E-state index in [1.165, 1.54) is 0 Å². The first kappa shape index (κ1) is 14.0. The minimum atomic E-state index is -3.40. The van der Waals surface area contributed by atoms with Gasteiger partial charge in [-0.15, -0.1) is 0 Å². The van der Waals surface area contributed by atoms with E-state index in [-0.39, 0.29) is 10.1 Å². The number of alkyl halides is 1. The fourth-order valence-electron chi connectivity index (χ4n) is 2.25. The Bertz CT molecular complexity index is 713. The summed E-state index contributed by atoms with van der Waals surface area (Å²) in [5.74, 6) is 0. The molecule has 0 aliphatic carbocycles. The van der Waals surface area contributed by atoms with Crippen molar-refractivity contribution in [1.82, 2.24) is 4.31 Å². The Labute approximate surface area is 132 Å². The van der Waals surface area contributed by atoms with Crippen molar-refractivity contribution in [2.45, 2.75) is 21.9 Å². The molecule has 3 unspecified atom stereocenters. The first-order valence-electron chi connectivity index (χ1n) is 6.31. The Balaban J connectivity index is 1.92. The molecule has 0 spiro atoms. The van der Waals surface area contributed by atoms with Crippen molar-refractivity contribution in [3.8, 4) is 0 Å². The van der Waals surface area contributed by atoms with E-state index < -0.39 is 10.0 Å². The van der Waals surface area contributed by atoms with Gasteiger partial charge >= 0.3 is 0 Å². The molecule has 0 radical (unpaired) electrons. The monoisotopic (exact) mass is 399 g/mol. The summed E-state index contributed by atoms with van der Waals surface area (Å²) in [6.07, 6.45) is 0. The van der Waals surface area contributed by atoms with Gasteiger partial charge in [0.15, 0.2) is 0 Å². The van der Waals surface area contributed by atoms with E-state index >= 15 is 0 Å². The Morgan fingerprint density at radius 1 is 1.00 bits per heavy atom. The van der Waals surface area contributed by atoms with E-state index in [0.29, 0.717) is 4.90 Å². The normalized spacial score (nSPS) is 25.4. The van der Waals surface area contributed by atoms with Gasteiger partial charge < -0.3 is 0 Å². The fraction of sp³-hybridized carbons (Fsp3) is 0.200. The fourth-order valence-corrected chi connectivity index (χ4v) is 5.88. The average Bonchev–Trinajstić information content (AvgIpc) is 3.13. The van der Waals surface area contributed by atoms with Crippen LogP contribution in [0.2, 0.25) is 0 Å². The molecular formula is C15H14INO2S. The number of nitrogens with zero attached hydrogens (tertiary/aromatic N) is 1. The average molecular weight is 399 g/mol. The summed E-state index contributed by atoms with van der Waals surface area (Å²) in [5, 5.41) is 0. The molecule has 0 bridgehead atoms. The molecule has 0 aromatic heterocycles. The minimum Gasteiger partial charge on any atom is -0.207 e. The van der Waals surface area contributed by atoms with Crippen LogP contribution in [0.5, 0.6) is 0 Å². The first-order valence-corrected chi connectivity index (χ1v) is 8.99. The summed E-state index contributed by atoms with van der Waals surface area (Å²) in [7, 11) is -3.40. The number of hydrogen-bond acceptors (Lipinski definition) is 2. The molecule has 1 saturated heterocycles. The Morgan fingerprint density at radius 3 is 2.20 bits per heavy atom. The van der Waals surface area contributed by atoms with Gasteiger partial charge in [-0.1, -0.05) is 70.6 Å². The van der Waals surface area contributed by atoms with E-state index in [4.69, 9.17) is 0 Å². The predicted octanol–water partition coefficient (Wildman–Crippen LogP) is 3.50. The third-order valence-corrected chi connectivity index (χ3v) is 6.96. The highest BCUT2D eigenvalue weighted by molar-refractivity contribution is 14.1. The molecule has 3 rings (SSSR count). The second-order valence-electron chi connectivity index (χ2n) is 4.88. The third-order valence-electron chi connectivity index (χ3n) is 3.43. The second-order valence-corrected chi connectivity index (χ2v) is 8.00. The number of rotatable bonds is 3. The summed E-state index contributed by atoms with van der Waals surface area (Å²) in [6, 6.07) is 16.7. The van der Waals surface area contributed by atoms with Gasteiger partial charge in [-0.25, -0.2) is 8.42 Å². The molecule has 2 aromatic rings. The topological polar surface area (TPSA) is 37.1 Å². The van der Waals surface area contributed by atoms with Gasteiger partial charge in [0.05, 0.1) is 15.0 Å². The summed E-state index contributed by atoms with van der Waals surface area (Å²) in [5.41, 5.74) is 2.10. The largest absolute Gasteiger partial charge is 0.244 e. The maximum atomic E-state index is 12.6. The van der Waals surface area contributed by atoms with Gasteiger partial charge in [0.2, 0.25) is 10.0 Å². The van der Waals surface area contributed by atoms with Crippen molar-refractivity contribution in [2.24, 2.45) is 0 Å². The Morgan fingerprint density at radius 2 is 1.60 bits per heavy atom. The van der Waals surface area contributed by atoms with Crippen LogP contribution in [0.15, 0.2) is 59.5 Å². The molecule has 5 heteroatoms. The zero-order valence-corrected chi connectivity index (χ0v) is 13.9. The maximum absolute atomic E-state index is 12.6. The molecule has 1 heterocycles.